The number of halogens is 4. The van der Waals surface area contributed by atoms with Crippen molar-refractivity contribution in [2.75, 3.05) is 18.9 Å². The first-order valence-corrected chi connectivity index (χ1v) is 9.79. The predicted octanol–water partition coefficient (Wildman–Crippen LogP) is 4.30. The molecule has 1 atom stereocenters. The van der Waals surface area contributed by atoms with Gasteiger partial charge in [-0.2, -0.15) is 28.2 Å². The van der Waals surface area contributed by atoms with Crippen molar-refractivity contribution in [1.82, 2.24) is 24.9 Å². The highest BCUT2D eigenvalue weighted by Crippen LogP contribution is 2.31. The molecule has 11 heteroatoms. The highest BCUT2D eigenvalue weighted by Gasteiger charge is 2.33. The van der Waals surface area contributed by atoms with E-state index in [4.69, 9.17) is 11.6 Å². The number of nitrogens with one attached hydrogen (secondary N) is 1. The molecule has 0 radical (unpaired) electrons. The minimum Gasteiger partial charge on any atom is -0.368 e. The lowest BCUT2D eigenvalue weighted by Gasteiger charge is -2.28. The first-order valence-electron chi connectivity index (χ1n) is 9.41. The van der Waals surface area contributed by atoms with Gasteiger partial charge in [0.15, 0.2) is 0 Å². The zero-order valence-corrected chi connectivity index (χ0v) is 17.5. The Balaban J connectivity index is 1.87. The maximum Gasteiger partial charge on any atom is 0.416 e. The van der Waals surface area contributed by atoms with Crippen molar-refractivity contribution >= 4 is 23.3 Å². The molecular weight excluding hydrogens is 433 g/mol. The molecule has 7 nitrogen and oxygen atoms in total. The number of aromatic nitrogens is 4. The van der Waals surface area contributed by atoms with E-state index in [-0.39, 0.29) is 17.3 Å². The van der Waals surface area contributed by atoms with Gasteiger partial charge in [-0.15, -0.1) is 0 Å². The summed E-state index contributed by atoms with van der Waals surface area (Å²) in [4.78, 5) is 19.9. The van der Waals surface area contributed by atoms with Crippen LogP contribution < -0.4 is 5.32 Å². The SMILES string of the molecule is CC[C@@H](CNc1ccc(Cl)cn1)N(C)C(=O)c1cc(C(F)(F)F)ccc1-n1nccn1. The zero-order valence-electron chi connectivity index (χ0n) is 16.8. The zero-order chi connectivity index (χ0) is 22.6. The minimum atomic E-state index is -4.59. The lowest BCUT2D eigenvalue weighted by molar-refractivity contribution is -0.137. The molecule has 0 saturated carbocycles. The van der Waals surface area contributed by atoms with Crippen LogP contribution in [0.25, 0.3) is 5.69 Å². The number of carbonyl (C=O) groups is 1. The topological polar surface area (TPSA) is 75.9 Å². The second kappa shape index (κ2) is 9.34. The number of amides is 1. The van der Waals surface area contributed by atoms with Crippen molar-refractivity contribution in [2.45, 2.75) is 25.6 Å². The summed E-state index contributed by atoms with van der Waals surface area (Å²) in [6.07, 6.45) is 0.236. The van der Waals surface area contributed by atoms with Gasteiger partial charge in [0, 0.05) is 25.8 Å². The first-order chi connectivity index (χ1) is 14.7. The molecule has 3 rings (SSSR count). The normalized spacial score (nSPS) is 12.5. The number of pyridine rings is 1. The van der Waals surface area contributed by atoms with E-state index < -0.39 is 17.6 Å². The Morgan fingerprint density at radius 2 is 1.94 bits per heavy atom. The molecule has 31 heavy (non-hydrogen) atoms. The summed E-state index contributed by atoms with van der Waals surface area (Å²) in [6, 6.07) is 6.00. The molecule has 1 N–H and O–H groups in total. The van der Waals surface area contributed by atoms with Gasteiger partial charge in [-0.05, 0) is 36.8 Å². The van der Waals surface area contributed by atoms with Crippen LogP contribution in [0.4, 0.5) is 19.0 Å². The number of nitrogens with zero attached hydrogens (tertiary/aromatic N) is 5. The number of carbonyl (C=O) groups excluding carboxylic acids is 1. The van der Waals surface area contributed by atoms with Gasteiger partial charge in [-0.25, -0.2) is 4.98 Å². The lowest BCUT2D eigenvalue weighted by atomic mass is 10.1. The molecule has 0 unspecified atom stereocenters. The maximum absolute atomic E-state index is 13.3. The predicted molar refractivity (Wildman–Crippen MR) is 110 cm³/mol. The summed E-state index contributed by atoms with van der Waals surface area (Å²) in [5.74, 6) is 0.000290. The molecule has 0 aliphatic rings. The lowest BCUT2D eigenvalue weighted by Crippen LogP contribution is -2.41. The number of alkyl halides is 3. The van der Waals surface area contributed by atoms with Crippen molar-refractivity contribution in [3.63, 3.8) is 0 Å². The number of benzene rings is 1. The third kappa shape index (κ3) is 5.32. The summed E-state index contributed by atoms with van der Waals surface area (Å²) in [6.45, 7) is 2.23. The van der Waals surface area contributed by atoms with Crippen LogP contribution in [-0.2, 0) is 6.18 Å². The number of likely N-dealkylation sites (N-methyl/N-ethyl adjacent to an activating group) is 1. The van der Waals surface area contributed by atoms with Gasteiger partial charge in [0.1, 0.15) is 5.82 Å². The fraction of sp³-hybridized carbons (Fsp3) is 0.300. The van der Waals surface area contributed by atoms with Crippen LogP contribution in [-0.4, -0.2) is 50.4 Å². The molecule has 3 aromatic rings. The fourth-order valence-corrected chi connectivity index (χ4v) is 3.12. The van der Waals surface area contributed by atoms with E-state index in [1.165, 1.54) is 29.6 Å². The standard InChI is InChI=1S/C20H20ClF3N6O/c1-3-15(12-26-18-7-5-14(21)11-25-18)29(2)19(31)16-10-13(20(22,23)24)4-6-17(16)30-27-8-9-28-30/h4-11,15H,3,12H2,1-2H3,(H,25,26)/t15-/m0/s1. The molecule has 0 bridgehead atoms. The van der Waals surface area contributed by atoms with Crippen LogP contribution in [0.15, 0.2) is 48.9 Å². The molecule has 0 fully saturated rings. The molecule has 2 heterocycles. The molecule has 0 aliphatic carbocycles. The molecule has 0 aliphatic heterocycles. The Morgan fingerprint density at radius 1 is 1.23 bits per heavy atom. The van der Waals surface area contributed by atoms with E-state index in [2.05, 4.69) is 20.5 Å². The van der Waals surface area contributed by atoms with Crippen LogP contribution in [0.2, 0.25) is 5.02 Å². The number of hydrogen-bond donors (Lipinski definition) is 1. The van der Waals surface area contributed by atoms with Crippen LogP contribution in [0.3, 0.4) is 0 Å². The van der Waals surface area contributed by atoms with Gasteiger partial charge in [-0.3, -0.25) is 4.79 Å². The summed E-state index contributed by atoms with van der Waals surface area (Å²) in [5.41, 5.74) is -0.898. The Labute approximate surface area is 181 Å². The largest absolute Gasteiger partial charge is 0.416 e. The Morgan fingerprint density at radius 3 is 2.52 bits per heavy atom. The van der Waals surface area contributed by atoms with Gasteiger partial charge >= 0.3 is 6.18 Å². The Kier molecular flexibility index (Phi) is 6.79. The van der Waals surface area contributed by atoms with Crippen molar-refractivity contribution in [2.24, 2.45) is 0 Å². The third-order valence-electron chi connectivity index (χ3n) is 4.77. The van der Waals surface area contributed by atoms with Crippen LogP contribution >= 0.6 is 11.6 Å². The highest BCUT2D eigenvalue weighted by molar-refractivity contribution is 6.30. The van der Waals surface area contributed by atoms with Crippen molar-refractivity contribution in [1.29, 1.82) is 0 Å². The molecule has 2 aromatic heterocycles. The number of rotatable bonds is 7. The van der Waals surface area contributed by atoms with Crippen molar-refractivity contribution < 1.29 is 18.0 Å². The molecule has 1 aromatic carbocycles. The van der Waals surface area contributed by atoms with Crippen LogP contribution in [0.1, 0.15) is 29.3 Å². The van der Waals surface area contributed by atoms with E-state index in [0.29, 0.717) is 23.8 Å². The van der Waals surface area contributed by atoms with Gasteiger partial charge in [-0.1, -0.05) is 18.5 Å². The summed E-state index contributed by atoms with van der Waals surface area (Å²) < 4.78 is 39.8. The number of hydrogen-bond acceptors (Lipinski definition) is 5. The summed E-state index contributed by atoms with van der Waals surface area (Å²) in [5, 5.41) is 11.5. The monoisotopic (exact) mass is 452 g/mol. The maximum atomic E-state index is 13.3. The smallest absolute Gasteiger partial charge is 0.368 e. The van der Waals surface area contributed by atoms with Gasteiger partial charge in [0.25, 0.3) is 5.91 Å². The average Bonchev–Trinajstić information content (AvgIpc) is 3.28. The molecular formula is C20H20ClF3N6O. The van der Waals surface area contributed by atoms with E-state index >= 15 is 0 Å². The fourth-order valence-electron chi connectivity index (χ4n) is 3.01. The molecule has 0 saturated heterocycles. The average molecular weight is 453 g/mol. The molecule has 164 valence electrons. The minimum absolute atomic E-state index is 0.142. The Bertz CT molecular complexity index is 1020. The van der Waals surface area contributed by atoms with E-state index in [9.17, 15) is 18.0 Å². The van der Waals surface area contributed by atoms with Crippen molar-refractivity contribution in [3.8, 4) is 5.69 Å². The van der Waals surface area contributed by atoms with Gasteiger partial charge in [0.05, 0.1) is 34.2 Å². The van der Waals surface area contributed by atoms with E-state index in [1.54, 1.807) is 19.2 Å². The summed E-state index contributed by atoms with van der Waals surface area (Å²) >= 11 is 5.83. The van der Waals surface area contributed by atoms with E-state index in [1.807, 2.05) is 6.92 Å². The van der Waals surface area contributed by atoms with Gasteiger partial charge in [0.2, 0.25) is 0 Å². The van der Waals surface area contributed by atoms with Gasteiger partial charge < -0.3 is 10.2 Å². The highest BCUT2D eigenvalue weighted by atomic mass is 35.5. The second-order valence-corrected chi connectivity index (χ2v) is 7.21. The summed E-state index contributed by atoms with van der Waals surface area (Å²) in [7, 11) is 1.55. The second-order valence-electron chi connectivity index (χ2n) is 6.77. The van der Waals surface area contributed by atoms with Crippen molar-refractivity contribution in [3.05, 3.63) is 65.1 Å². The first kappa shape index (κ1) is 22.5. The molecule has 1 amide bonds. The quantitative estimate of drug-likeness (QED) is 0.578. The van der Waals surface area contributed by atoms with Crippen LogP contribution in [0.5, 0.6) is 0 Å². The number of anilines is 1. The third-order valence-corrected chi connectivity index (χ3v) is 5.00. The molecule has 0 spiro atoms. The van der Waals surface area contributed by atoms with E-state index in [0.717, 1.165) is 16.9 Å². The Hall–Kier alpha value is -3.14. The van der Waals surface area contributed by atoms with Crippen LogP contribution in [0, 0.1) is 0 Å².